The van der Waals surface area contributed by atoms with Gasteiger partial charge in [0.25, 0.3) is 0 Å². The number of benzene rings is 2. The highest BCUT2D eigenvalue weighted by Crippen LogP contribution is 2.22. The van der Waals surface area contributed by atoms with Gasteiger partial charge in [-0.25, -0.2) is 4.39 Å². The van der Waals surface area contributed by atoms with Crippen LogP contribution in [0.2, 0.25) is 0 Å². The molecule has 2 N–H and O–H groups in total. The van der Waals surface area contributed by atoms with Crippen LogP contribution >= 0.6 is 0 Å². The van der Waals surface area contributed by atoms with Gasteiger partial charge in [0.2, 0.25) is 0 Å². The molecule has 2 aromatic carbocycles. The summed E-state index contributed by atoms with van der Waals surface area (Å²) < 4.78 is 23.8. The summed E-state index contributed by atoms with van der Waals surface area (Å²) >= 11 is 0. The van der Waals surface area contributed by atoms with E-state index in [1.807, 2.05) is 24.3 Å². The minimum absolute atomic E-state index is 0.163. The Kier molecular flexibility index (Phi) is 5.58. The molecule has 2 rings (SSSR count). The Bertz CT molecular complexity index is 557. The first kappa shape index (κ1) is 15.3. The standard InChI is InChI=1S/C17H20FNO2/c1-20-16-3-2-4-17(11-16)21-10-9-14(12-19)13-5-7-15(18)8-6-13/h2-8,11,14H,9-10,12,19H2,1H3. The Balaban J connectivity index is 1.89. The minimum atomic E-state index is -0.234. The van der Waals surface area contributed by atoms with E-state index in [0.29, 0.717) is 13.2 Å². The topological polar surface area (TPSA) is 44.5 Å². The van der Waals surface area contributed by atoms with Crippen LogP contribution < -0.4 is 15.2 Å². The van der Waals surface area contributed by atoms with E-state index in [1.165, 1.54) is 12.1 Å². The zero-order valence-corrected chi connectivity index (χ0v) is 12.1. The van der Waals surface area contributed by atoms with Crippen molar-refractivity contribution in [1.29, 1.82) is 0 Å². The van der Waals surface area contributed by atoms with Gasteiger partial charge in [0.15, 0.2) is 0 Å². The lowest BCUT2D eigenvalue weighted by atomic mass is 9.96. The highest BCUT2D eigenvalue weighted by Gasteiger charge is 2.10. The van der Waals surface area contributed by atoms with Crippen molar-refractivity contribution >= 4 is 0 Å². The molecule has 21 heavy (non-hydrogen) atoms. The molecule has 0 fully saturated rings. The molecule has 1 unspecified atom stereocenters. The fourth-order valence-corrected chi connectivity index (χ4v) is 2.17. The van der Waals surface area contributed by atoms with Crippen molar-refractivity contribution in [2.75, 3.05) is 20.3 Å². The second-order valence-corrected chi connectivity index (χ2v) is 4.80. The van der Waals surface area contributed by atoms with Gasteiger partial charge in [-0.15, -0.1) is 0 Å². The van der Waals surface area contributed by atoms with Crippen LogP contribution in [-0.2, 0) is 0 Å². The van der Waals surface area contributed by atoms with Crippen LogP contribution in [0.3, 0.4) is 0 Å². The van der Waals surface area contributed by atoms with Crippen LogP contribution in [-0.4, -0.2) is 20.3 Å². The third kappa shape index (κ3) is 4.46. The molecule has 112 valence electrons. The lowest BCUT2D eigenvalue weighted by molar-refractivity contribution is 0.296. The number of methoxy groups -OCH3 is 1. The van der Waals surface area contributed by atoms with Crippen LogP contribution in [0.4, 0.5) is 4.39 Å². The molecule has 0 aliphatic rings. The second-order valence-electron chi connectivity index (χ2n) is 4.80. The fraction of sp³-hybridized carbons (Fsp3) is 0.294. The monoisotopic (exact) mass is 289 g/mol. The lowest BCUT2D eigenvalue weighted by Gasteiger charge is -2.16. The number of hydrogen-bond acceptors (Lipinski definition) is 3. The first-order valence-electron chi connectivity index (χ1n) is 6.95. The Morgan fingerprint density at radius 1 is 1.10 bits per heavy atom. The average molecular weight is 289 g/mol. The number of rotatable bonds is 7. The first-order chi connectivity index (χ1) is 10.2. The van der Waals surface area contributed by atoms with E-state index in [1.54, 1.807) is 19.2 Å². The highest BCUT2D eigenvalue weighted by molar-refractivity contribution is 5.32. The summed E-state index contributed by atoms with van der Waals surface area (Å²) in [6.45, 7) is 1.06. The van der Waals surface area contributed by atoms with Gasteiger partial charge < -0.3 is 15.2 Å². The molecule has 4 heteroatoms. The molecule has 0 spiro atoms. The van der Waals surface area contributed by atoms with Crippen LogP contribution in [0.1, 0.15) is 17.9 Å². The SMILES string of the molecule is COc1cccc(OCCC(CN)c2ccc(F)cc2)c1. The van der Waals surface area contributed by atoms with Gasteiger partial charge in [0.1, 0.15) is 17.3 Å². The minimum Gasteiger partial charge on any atom is -0.497 e. The van der Waals surface area contributed by atoms with E-state index in [2.05, 4.69) is 0 Å². The predicted octanol–water partition coefficient (Wildman–Crippen LogP) is 3.35. The zero-order valence-electron chi connectivity index (χ0n) is 12.1. The smallest absolute Gasteiger partial charge is 0.123 e. The van der Waals surface area contributed by atoms with Gasteiger partial charge in [0, 0.05) is 6.07 Å². The van der Waals surface area contributed by atoms with E-state index in [4.69, 9.17) is 15.2 Å². The van der Waals surface area contributed by atoms with Gasteiger partial charge in [-0.2, -0.15) is 0 Å². The van der Waals surface area contributed by atoms with Crippen molar-refractivity contribution in [1.82, 2.24) is 0 Å². The summed E-state index contributed by atoms with van der Waals surface area (Å²) in [5.41, 5.74) is 6.83. The van der Waals surface area contributed by atoms with Gasteiger partial charge >= 0.3 is 0 Å². The van der Waals surface area contributed by atoms with Crippen molar-refractivity contribution in [2.45, 2.75) is 12.3 Å². The largest absolute Gasteiger partial charge is 0.497 e. The number of nitrogens with two attached hydrogens (primary N) is 1. The van der Waals surface area contributed by atoms with Crippen molar-refractivity contribution < 1.29 is 13.9 Å². The van der Waals surface area contributed by atoms with Crippen LogP contribution in [0.25, 0.3) is 0 Å². The first-order valence-corrected chi connectivity index (χ1v) is 6.95. The second kappa shape index (κ2) is 7.64. The molecule has 0 heterocycles. The molecule has 0 radical (unpaired) electrons. The van der Waals surface area contributed by atoms with Crippen LogP contribution in [0.5, 0.6) is 11.5 Å². The summed E-state index contributed by atoms with van der Waals surface area (Å²) in [4.78, 5) is 0. The molecule has 3 nitrogen and oxygen atoms in total. The third-order valence-corrected chi connectivity index (χ3v) is 3.40. The maximum Gasteiger partial charge on any atom is 0.123 e. The summed E-state index contributed by atoms with van der Waals surface area (Å²) in [7, 11) is 1.62. The maximum atomic E-state index is 12.9. The molecular formula is C17H20FNO2. The number of hydrogen-bond donors (Lipinski definition) is 1. The summed E-state index contributed by atoms with van der Waals surface area (Å²) in [6.07, 6.45) is 0.777. The van der Waals surface area contributed by atoms with Crippen molar-refractivity contribution in [3.05, 3.63) is 59.9 Å². The van der Waals surface area contributed by atoms with Gasteiger partial charge in [-0.1, -0.05) is 18.2 Å². The van der Waals surface area contributed by atoms with Crippen LogP contribution in [0.15, 0.2) is 48.5 Å². The quantitative estimate of drug-likeness (QED) is 0.850. The molecule has 0 saturated carbocycles. The summed E-state index contributed by atoms with van der Waals surface area (Å²) in [5.74, 6) is 1.46. The number of ether oxygens (including phenoxy) is 2. The average Bonchev–Trinajstić information content (AvgIpc) is 2.53. The van der Waals surface area contributed by atoms with Crippen molar-refractivity contribution in [3.8, 4) is 11.5 Å². The molecule has 0 aliphatic carbocycles. The Morgan fingerprint density at radius 3 is 2.48 bits per heavy atom. The molecular weight excluding hydrogens is 269 g/mol. The lowest BCUT2D eigenvalue weighted by Crippen LogP contribution is -2.15. The molecule has 0 saturated heterocycles. The zero-order chi connectivity index (χ0) is 15.1. The van der Waals surface area contributed by atoms with E-state index in [0.717, 1.165) is 23.5 Å². The summed E-state index contributed by atoms with van der Waals surface area (Å²) in [5, 5.41) is 0. The molecule has 0 amide bonds. The van der Waals surface area contributed by atoms with Crippen molar-refractivity contribution in [3.63, 3.8) is 0 Å². The predicted molar refractivity (Wildman–Crippen MR) is 81.3 cm³/mol. The summed E-state index contributed by atoms with van der Waals surface area (Å²) in [6, 6.07) is 14.0. The molecule has 0 aromatic heterocycles. The third-order valence-electron chi connectivity index (χ3n) is 3.40. The van der Waals surface area contributed by atoms with Crippen LogP contribution in [0, 0.1) is 5.82 Å². The molecule has 0 bridgehead atoms. The van der Waals surface area contributed by atoms with Crippen molar-refractivity contribution in [2.24, 2.45) is 5.73 Å². The van der Waals surface area contributed by atoms with E-state index in [-0.39, 0.29) is 11.7 Å². The normalized spacial score (nSPS) is 12.0. The molecule has 1 atom stereocenters. The Hall–Kier alpha value is -2.07. The van der Waals surface area contributed by atoms with E-state index >= 15 is 0 Å². The van der Waals surface area contributed by atoms with E-state index in [9.17, 15) is 4.39 Å². The van der Waals surface area contributed by atoms with Gasteiger partial charge in [-0.05, 0) is 48.7 Å². The maximum absolute atomic E-state index is 12.9. The van der Waals surface area contributed by atoms with Gasteiger partial charge in [-0.3, -0.25) is 0 Å². The molecule has 2 aromatic rings. The van der Waals surface area contributed by atoms with Gasteiger partial charge in [0.05, 0.1) is 13.7 Å². The Labute approximate surface area is 124 Å². The number of halogens is 1. The highest BCUT2D eigenvalue weighted by atomic mass is 19.1. The molecule has 0 aliphatic heterocycles. The fourth-order valence-electron chi connectivity index (χ4n) is 2.17. The van der Waals surface area contributed by atoms with E-state index < -0.39 is 0 Å². The Morgan fingerprint density at radius 2 is 1.81 bits per heavy atom.